The van der Waals surface area contributed by atoms with Gasteiger partial charge in [0, 0.05) is 3.57 Å². The van der Waals surface area contributed by atoms with Crippen molar-refractivity contribution in [3.05, 3.63) is 32.4 Å². The summed E-state index contributed by atoms with van der Waals surface area (Å²) in [5.74, 6) is -0.403. The number of ether oxygens (including phenoxy) is 1. The molecular formula is C10H12Cl2INO2. The Labute approximate surface area is 119 Å². The van der Waals surface area contributed by atoms with E-state index < -0.39 is 12.0 Å². The van der Waals surface area contributed by atoms with Crippen molar-refractivity contribution in [3.8, 4) is 0 Å². The van der Waals surface area contributed by atoms with Crippen LogP contribution in [0.2, 0.25) is 5.02 Å². The molecule has 0 spiro atoms. The summed E-state index contributed by atoms with van der Waals surface area (Å²) in [6.45, 7) is 0. The van der Waals surface area contributed by atoms with Gasteiger partial charge in [-0.3, -0.25) is 4.79 Å². The molecule has 1 aromatic rings. The Kier molecular flexibility index (Phi) is 7.30. The highest BCUT2D eigenvalue weighted by atomic mass is 127. The molecule has 1 atom stereocenters. The van der Waals surface area contributed by atoms with Crippen LogP contribution in [0.25, 0.3) is 0 Å². The zero-order chi connectivity index (χ0) is 11.4. The summed E-state index contributed by atoms with van der Waals surface area (Å²) in [5, 5.41) is 0.700. The summed E-state index contributed by atoms with van der Waals surface area (Å²) >= 11 is 8.01. The molecule has 0 heterocycles. The van der Waals surface area contributed by atoms with Crippen molar-refractivity contribution < 1.29 is 9.53 Å². The maximum Gasteiger partial charge on any atom is 0.322 e. The number of hydrogen-bond acceptors (Lipinski definition) is 3. The van der Waals surface area contributed by atoms with E-state index >= 15 is 0 Å². The number of rotatable bonds is 3. The number of benzene rings is 1. The van der Waals surface area contributed by atoms with Gasteiger partial charge >= 0.3 is 5.97 Å². The van der Waals surface area contributed by atoms with E-state index in [1.807, 2.05) is 12.1 Å². The van der Waals surface area contributed by atoms with E-state index in [2.05, 4.69) is 27.3 Å². The first-order valence-electron chi connectivity index (χ1n) is 4.32. The molecule has 0 bridgehead atoms. The summed E-state index contributed by atoms with van der Waals surface area (Å²) in [5.41, 5.74) is 6.61. The number of methoxy groups -OCH3 is 1. The van der Waals surface area contributed by atoms with Gasteiger partial charge in [-0.25, -0.2) is 0 Å². The Balaban J connectivity index is 0.00000225. The fraction of sp³-hybridized carbons (Fsp3) is 0.300. The predicted molar refractivity (Wildman–Crippen MR) is 75.1 cm³/mol. The minimum absolute atomic E-state index is 0. The van der Waals surface area contributed by atoms with E-state index in [0.29, 0.717) is 11.4 Å². The zero-order valence-electron chi connectivity index (χ0n) is 8.57. The maximum absolute atomic E-state index is 11.1. The lowest BCUT2D eigenvalue weighted by Gasteiger charge is -2.09. The first kappa shape index (κ1) is 16.0. The van der Waals surface area contributed by atoms with Crippen LogP contribution in [-0.2, 0) is 16.0 Å². The standard InChI is InChI=1S/C10H11ClINO2.ClH/c1-15-10(14)9(13)5-6-2-3-7(11)8(12)4-6;/h2-4,9H,5,13H2,1H3;1H/t9-;/m0./s1. The Hall–Kier alpha value is -0.0400. The van der Waals surface area contributed by atoms with Crippen molar-refractivity contribution in [1.29, 1.82) is 0 Å². The monoisotopic (exact) mass is 375 g/mol. The molecule has 0 saturated heterocycles. The third-order valence-electron chi connectivity index (χ3n) is 1.94. The fourth-order valence-electron chi connectivity index (χ4n) is 1.16. The molecule has 0 fully saturated rings. The molecule has 90 valence electrons. The average molecular weight is 376 g/mol. The van der Waals surface area contributed by atoms with Gasteiger partial charge in [0.2, 0.25) is 0 Å². The van der Waals surface area contributed by atoms with Gasteiger partial charge < -0.3 is 10.5 Å². The number of carbonyl (C=O) groups is 1. The second-order valence-corrected chi connectivity index (χ2v) is 4.65. The normalized spacial score (nSPS) is 11.5. The van der Waals surface area contributed by atoms with Crippen LogP contribution in [-0.4, -0.2) is 19.1 Å². The highest BCUT2D eigenvalue weighted by Gasteiger charge is 2.14. The molecule has 0 aliphatic carbocycles. The number of hydrogen-bond donors (Lipinski definition) is 1. The molecule has 1 aromatic carbocycles. The summed E-state index contributed by atoms with van der Waals surface area (Å²) in [6.07, 6.45) is 0.458. The molecule has 3 nitrogen and oxygen atoms in total. The first-order chi connectivity index (χ1) is 7.04. The van der Waals surface area contributed by atoms with Gasteiger partial charge in [0.05, 0.1) is 12.1 Å². The molecule has 16 heavy (non-hydrogen) atoms. The van der Waals surface area contributed by atoms with Crippen LogP contribution in [0, 0.1) is 3.57 Å². The molecule has 0 aromatic heterocycles. The van der Waals surface area contributed by atoms with Crippen molar-refractivity contribution in [2.24, 2.45) is 5.73 Å². The van der Waals surface area contributed by atoms with E-state index in [-0.39, 0.29) is 12.4 Å². The quantitative estimate of drug-likeness (QED) is 0.652. The molecule has 0 saturated carbocycles. The molecular weight excluding hydrogens is 364 g/mol. The Bertz CT molecular complexity index is 374. The average Bonchev–Trinajstić information content (AvgIpc) is 2.22. The van der Waals surface area contributed by atoms with Crippen LogP contribution < -0.4 is 5.73 Å². The Morgan fingerprint density at radius 2 is 2.25 bits per heavy atom. The molecule has 0 aliphatic rings. The van der Waals surface area contributed by atoms with E-state index in [0.717, 1.165) is 9.13 Å². The summed E-state index contributed by atoms with van der Waals surface area (Å²) in [6, 6.07) is 4.94. The molecule has 0 amide bonds. The summed E-state index contributed by atoms with van der Waals surface area (Å²) in [7, 11) is 1.33. The third kappa shape index (κ3) is 4.45. The highest BCUT2D eigenvalue weighted by molar-refractivity contribution is 14.1. The van der Waals surface area contributed by atoms with Crippen LogP contribution in [0.5, 0.6) is 0 Å². The zero-order valence-corrected chi connectivity index (χ0v) is 12.3. The number of nitrogens with two attached hydrogens (primary N) is 1. The minimum Gasteiger partial charge on any atom is -0.468 e. The molecule has 1 rings (SSSR count). The van der Waals surface area contributed by atoms with Gasteiger partial charge in [-0.05, 0) is 46.7 Å². The first-order valence-corrected chi connectivity index (χ1v) is 5.77. The van der Waals surface area contributed by atoms with Crippen LogP contribution in [0.4, 0.5) is 0 Å². The van der Waals surface area contributed by atoms with Crippen molar-refractivity contribution >= 4 is 52.6 Å². The number of esters is 1. The van der Waals surface area contributed by atoms with Gasteiger partial charge in [0.15, 0.2) is 0 Å². The smallest absolute Gasteiger partial charge is 0.322 e. The molecule has 2 N–H and O–H groups in total. The van der Waals surface area contributed by atoms with Gasteiger partial charge in [-0.15, -0.1) is 12.4 Å². The van der Waals surface area contributed by atoms with E-state index in [9.17, 15) is 4.79 Å². The molecule has 0 radical (unpaired) electrons. The predicted octanol–water partition coefficient (Wildman–Crippen LogP) is 2.41. The van der Waals surface area contributed by atoms with Gasteiger partial charge in [-0.1, -0.05) is 17.7 Å². The fourth-order valence-corrected chi connectivity index (χ4v) is 1.85. The topological polar surface area (TPSA) is 52.3 Å². The molecule has 0 unspecified atom stereocenters. The van der Waals surface area contributed by atoms with Crippen LogP contribution in [0.3, 0.4) is 0 Å². The molecule has 6 heteroatoms. The van der Waals surface area contributed by atoms with Gasteiger partial charge in [0.25, 0.3) is 0 Å². The second kappa shape index (κ2) is 7.32. The second-order valence-electron chi connectivity index (χ2n) is 3.08. The highest BCUT2D eigenvalue weighted by Crippen LogP contribution is 2.20. The Morgan fingerprint density at radius 3 is 2.75 bits per heavy atom. The van der Waals surface area contributed by atoms with Crippen molar-refractivity contribution in [2.45, 2.75) is 12.5 Å². The number of halogens is 3. The molecule has 0 aliphatic heterocycles. The van der Waals surface area contributed by atoms with Crippen molar-refractivity contribution in [2.75, 3.05) is 7.11 Å². The summed E-state index contributed by atoms with van der Waals surface area (Å²) in [4.78, 5) is 11.1. The SMILES string of the molecule is COC(=O)[C@@H](N)Cc1ccc(Cl)c(I)c1.Cl. The van der Waals surface area contributed by atoms with Crippen LogP contribution in [0.15, 0.2) is 18.2 Å². The van der Waals surface area contributed by atoms with Gasteiger partial charge in [-0.2, -0.15) is 0 Å². The lowest BCUT2D eigenvalue weighted by atomic mass is 10.1. The van der Waals surface area contributed by atoms with Crippen molar-refractivity contribution in [1.82, 2.24) is 0 Å². The van der Waals surface area contributed by atoms with Gasteiger partial charge in [0.1, 0.15) is 6.04 Å². The lowest BCUT2D eigenvalue weighted by Crippen LogP contribution is -2.33. The van der Waals surface area contributed by atoms with E-state index in [4.69, 9.17) is 17.3 Å². The minimum atomic E-state index is -0.619. The van der Waals surface area contributed by atoms with E-state index in [1.54, 1.807) is 6.07 Å². The maximum atomic E-state index is 11.1. The van der Waals surface area contributed by atoms with E-state index in [1.165, 1.54) is 7.11 Å². The van der Waals surface area contributed by atoms with Crippen molar-refractivity contribution in [3.63, 3.8) is 0 Å². The third-order valence-corrected chi connectivity index (χ3v) is 3.48. The largest absolute Gasteiger partial charge is 0.468 e. The lowest BCUT2D eigenvalue weighted by molar-refractivity contribution is -0.142. The summed E-state index contributed by atoms with van der Waals surface area (Å²) < 4.78 is 5.49. The van der Waals surface area contributed by atoms with Crippen LogP contribution in [0.1, 0.15) is 5.56 Å². The Morgan fingerprint density at radius 1 is 1.62 bits per heavy atom. The number of carbonyl (C=O) groups excluding carboxylic acids is 1. The van der Waals surface area contributed by atoms with Crippen LogP contribution >= 0.6 is 46.6 Å².